The summed E-state index contributed by atoms with van der Waals surface area (Å²) >= 11 is 0. The monoisotopic (exact) mass is 300 g/mol. The van der Waals surface area contributed by atoms with Crippen LogP contribution >= 0.6 is 10.2 Å². The first kappa shape index (κ1) is 14.2. The zero-order valence-electron chi connectivity index (χ0n) is 12.3. The fourth-order valence-corrected chi connectivity index (χ4v) is 5.77. The van der Waals surface area contributed by atoms with Gasteiger partial charge < -0.3 is 5.11 Å². The van der Waals surface area contributed by atoms with Crippen LogP contribution in [0, 0.1) is 5.92 Å². The molecule has 0 aliphatic carbocycles. The number of aliphatic hydroxyl groups is 1. The van der Waals surface area contributed by atoms with Gasteiger partial charge in [0.25, 0.3) is 0 Å². The first-order valence-electron chi connectivity index (χ1n) is 7.07. The van der Waals surface area contributed by atoms with Crippen molar-refractivity contribution < 1.29 is 5.11 Å². The number of hydrogen-bond acceptors (Lipinski definition) is 2. The molecule has 3 nitrogen and oxygen atoms in total. The van der Waals surface area contributed by atoms with E-state index in [-0.39, 0.29) is 5.92 Å². The van der Waals surface area contributed by atoms with Crippen molar-refractivity contribution in [2.75, 3.05) is 0 Å². The molecule has 1 aliphatic rings. The van der Waals surface area contributed by atoms with E-state index in [0.29, 0.717) is 0 Å². The van der Waals surface area contributed by atoms with Crippen molar-refractivity contribution in [3.63, 3.8) is 0 Å². The van der Waals surface area contributed by atoms with Gasteiger partial charge in [0, 0.05) is 12.4 Å². The minimum atomic E-state index is -1.60. The Morgan fingerprint density at radius 1 is 1.19 bits per heavy atom. The van der Waals surface area contributed by atoms with E-state index in [1.54, 1.807) is 12.5 Å². The number of benzene rings is 1. The molecule has 2 atom stereocenters. The van der Waals surface area contributed by atoms with E-state index < -0.39 is 15.7 Å². The van der Waals surface area contributed by atoms with Crippen LogP contribution in [0.2, 0.25) is 0 Å². The van der Waals surface area contributed by atoms with Crippen LogP contribution in [-0.4, -0.2) is 19.5 Å². The van der Waals surface area contributed by atoms with Crippen molar-refractivity contribution in [2.45, 2.75) is 19.3 Å². The van der Waals surface area contributed by atoms with Gasteiger partial charge in [0.05, 0.1) is 0 Å². The van der Waals surface area contributed by atoms with Gasteiger partial charge in [-0.1, -0.05) is 54.4 Å². The first-order chi connectivity index (χ1) is 10.1. The third-order valence-electron chi connectivity index (χ3n) is 3.69. The maximum absolute atomic E-state index is 10.8. The molecule has 0 radical (unpaired) electrons. The Balaban J connectivity index is 2.08. The second-order valence-electron chi connectivity index (χ2n) is 5.52. The second kappa shape index (κ2) is 5.54. The number of aromatic nitrogens is 2. The number of hydrogen-bond donors (Lipinski definition) is 1. The van der Waals surface area contributed by atoms with Crippen LogP contribution in [0.1, 0.15) is 19.4 Å². The Kier molecular flexibility index (Phi) is 3.74. The highest BCUT2D eigenvalue weighted by atomic mass is 32.3. The zero-order valence-corrected chi connectivity index (χ0v) is 13.1. The van der Waals surface area contributed by atoms with Gasteiger partial charge in [0.1, 0.15) is 11.8 Å². The van der Waals surface area contributed by atoms with Gasteiger partial charge in [-0.2, -0.15) is 0 Å². The highest BCUT2D eigenvalue weighted by Gasteiger charge is 2.35. The van der Waals surface area contributed by atoms with Gasteiger partial charge in [-0.3, -0.25) is 3.97 Å². The Morgan fingerprint density at radius 3 is 2.57 bits per heavy atom. The molecule has 3 rings (SSSR count). The van der Waals surface area contributed by atoms with Crippen molar-refractivity contribution in [3.05, 3.63) is 71.5 Å². The normalized spacial score (nSPS) is 25.6. The van der Waals surface area contributed by atoms with Crippen molar-refractivity contribution in [1.29, 1.82) is 0 Å². The summed E-state index contributed by atoms with van der Waals surface area (Å²) in [6.45, 7) is 4.11. The van der Waals surface area contributed by atoms with Crippen LogP contribution in [0.4, 0.5) is 0 Å². The molecular formula is C17H20N2OS. The van der Waals surface area contributed by atoms with E-state index >= 15 is 0 Å². The standard InChI is InChI=1S/C17H20N2OS/c1-14(2)17(20)21(19-10-9-18-13-19)11-8-16(12-21)15-6-4-3-5-7-15/h3-14,17,20H,1-2H3. The number of rotatable bonds is 4. The third kappa shape index (κ3) is 2.45. The van der Waals surface area contributed by atoms with Crippen molar-refractivity contribution in [1.82, 2.24) is 8.96 Å². The molecule has 0 amide bonds. The lowest BCUT2D eigenvalue weighted by molar-refractivity contribution is 0.208. The molecule has 1 N–H and O–H groups in total. The van der Waals surface area contributed by atoms with Crippen LogP contribution in [0.15, 0.2) is 65.9 Å². The molecule has 21 heavy (non-hydrogen) atoms. The summed E-state index contributed by atoms with van der Waals surface area (Å²) in [4.78, 5) is 4.16. The average Bonchev–Trinajstić information content (AvgIpc) is 3.17. The molecule has 2 heterocycles. The summed E-state index contributed by atoms with van der Waals surface area (Å²) in [6, 6.07) is 10.3. The van der Waals surface area contributed by atoms with Gasteiger partial charge in [-0.05, 0) is 33.9 Å². The van der Waals surface area contributed by atoms with Crippen LogP contribution < -0.4 is 0 Å². The molecule has 2 aromatic rings. The predicted molar refractivity (Wildman–Crippen MR) is 89.6 cm³/mol. The molecule has 1 aromatic heterocycles. The first-order valence-corrected chi connectivity index (χ1v) is 8.85. The van der Waals surface area contributed by atoms with Crippen LogP contribution in [0.3, 0.4) is 0 Å². The molecule has 110 valence electrons. The smallest absolute Gasteiger partial charge is 0.109 e. The third-order valence-corrected chi connectivity index (χ3v) is 7.16. The number of allylic oxidation sites excluding steroid dienone is 2. The Labute approximate surface area is 127 Å². The molecule has 1 aliphatic heterocycles. The fourth-order valence-electron chi connectivity index (χ4n) is 2.54. The summed E-state index contributed by atoms with van der Waals surface area (Å²) in [5.74, 6) is 0.179. The Bertz CT molecular complexity index is 661. The van der Waals surface area contributed by atoms with E-state index in [0.717, 1.165) is 0 Å². The lowest BCUT2D eigenvalue weighted by Gasteiger charge is -2.39. The summed E-state index contributed by atoms with van der Waals surface area (Å²) < 4.78 is 2.06. The summed E-state index contributed by atoms with van der Waals surface area (Å²) in [6.07, 6.45) is 7.63. The molecule has 4 heteroatoms. The Hall–Kier alpha value is -1.78. The molecule has 0 saturated heterocycles. The summed E-state index contributed by atoms with van der Waals surface area (Å²) in [7, 11) is -1.60. The fraction of sp³-hybridized carbons (Fsp3) is 0.235. The molecule has 2 unspecified atom stereocenters. The molecule has 0 saturated carbocycles. The summed E-state index contributed by atoms with van der Waals surface area (Å²) in [5, 5.41) is 15.2. The van der Waals surface area contributed by atoms with Gasteiger partial charge in [0.15, 0.2) is 0 Å². The van der Waals surface area contributed by atoms with Crippen LogP contribution in [-0.2, 0) is 0 Å². The zero-order chi connectivity index (χ0) is 14.9. The lowest BCUT2D eigenvalue weighted by Crippen LogP contribution is -2.24. The van der Waals surface area contributed by atoms with Gasteiger partial charge in [-0.25, -0.2) is 4.98 Å². The maximum Gasteiger partial charge on any atom is 0.109 e. The molecular weight excluding hydrogens is 280 g/mol. The van der Waals surface area contributed by atoms with E-state index in [4.69, 9.17) is 0 Å². The molecule has 0 fully saturated rings. The van der Waals surface area contributed by atoms with Gasteiger partial charge >= 0.3 is 0 Å². The van der Waals surface area contributed by atoms with Crippen LogP contribution in [0.25, 0.3) is 5.57 Å². The lowest BCUT2D eigenvalue weighted by atomic mass is 10.1. The van der Waals surface area contributed by atoms with E-state index in [1.165, 1.54) is 11.1 Å². The largest absolute Gasteiger partial charge is 0.381 e. The molecule has 0 spiro atoms. The van der Waals surface area contributed by atoms with Crippen LogP contribution in [0.5, 0.6) is 0 Å². The van der Waals surface area contributed by atoms with Crippen molar-refractivity contribution in [3.8, 4) is 0 Å². The quantitative estimate of drug-likeness (QED) is 0.927. The molecule has 0 bridgehead atoms. The van der Waals surface area contributed by atoms with Crippen molar-refractivity contribution >= 4 is 15.8 Å². The van der Waals surface area contributed by atoms with E-state index in [9.17, 15) is 5.11 Å². The number of imidazole rings is 1. The molecule has 1 aromatic carbocycles. The minimum absolute atomic E-state index is 0.179. The van der Waals surface area contributed by atoms with Gasteiger partial charge in [-0.15, -0.1) is 0 Å². The number of aliphatic hydroxyl groups excluding tert-OH is 1. The second-order valence-corrected chi connectivity index (χ2v) is 8.39. The van der Waals surface area contributed by atoms with Crippen molar-refractivity contribution in [2.24, 2.45) is 5.92 Å². The van der Waals surface area contributed by atoms with Gasteiger partial charge in [0.2, 0.25) is 0 Å². The Morgan fingerprint density at radius 2 is 1.95 bits per heavy atom. The highest BCUT2D eigenvalue weighted by Crippen LogP contribution is 2.62. The minimum Gasteiger partial charge on any atom is -0.381 e. The van der Waals surface area contributed by atoms with E-state index in [1.807, 2.05) is 24.4 Å². The highest BCUT2D eigenvalue weighted by molar-refractivity contribution is 8.37. The maximum atomic E-state index is 10.8. The predicted octanol–water partition coefficient (Wildman–Crippen LogP) is 3.99. The number of nitrogens with zero attached hydrogens (tertiary/aromatic N) is 2. The average molecular weight is 300 g/mol. The van der Waals surface area contributed by atoms with E-state index in [2.05, 4.69) is 51.8 Å². The topological polar surface area (TPSA) is 38.0 Å². The SMILES string of the molecule is CC(C)C(O)S1(n2ccnc2)C=CC(c2ccccc2)=C1. The summed E-state index contributed by atoms with van der Waals surface area (Å²) in [5.41, 5.74) is 1.92.